The van der Waals surface area contributed by atoms with Crippen molar-refractivity contribution in [3.8, 4) is 0 Å². The number of nitrogens with one attached hydrogen (secondary N) is 1. The molecule has 4 nitrogen and oxygen atoms in total. The number of nitrogens with zero attached hydrogens (tertiary/aromatic N) is 1. The molecule has 1 saturated heterocycles. The van der Waals surface area contributed by atoms with Crippen LogP contribution < -0.4 is 5.32 Å². The highest BCUT2D eigenvalue weighted by molar-refractivity contribution is 7.10. The summed E-state index contributed by atoms with van der Waals surface area (Å²) in [5.74, 6) is 0. The fraction of sp³-hybridized carbons (Fsp3) is 0.545. The molecule has 1 aromatic heterocycles. The van der Waals surface area contributed by atoms with Crippen molar-refractivity contribution < 1.29 is 9.90 Å². The van der Waals surface area contributed by atoms with Crippen LogP contribution >= 0.6 is 11.3 Å². The van der Waals surface area contributed by atoms with Crippen molar-refractivity contribution in [2.45, 2.75) is 19.4 Å². The van der Waals surface area contributed by atoms with Crippen molar-refractivity contribution in [2.75, 3.05) is 19.7 Å². The van der Waals surface area contributed by atoms with Gasteiger partial charge in [-0.1, -0.05) is 0 Å². The topological polar surface area (TPSA) is 52.6 Å². The molecule has 0 radical (unpaired) electrons. The third-order valence-corrected chi connectivity index (χ3v) is 3.92. The van der Waals surface area contributed by atoms with Crippen LogP contribution in [0.25, 0.3) is 0 Å². The minimum Gasteiger partial charge on any atom is -0.396 e. The van der Waals surface area contributed by atoms with Gasteiger partial charge in [0.15, 0.2) is 0 Å². The van der Waals surface area contributed by atoms with E-state index >= 15 is 0 Å². The van der Waals surface area contributed by atoms with E-state index in [9.17, 15) is 4.79 Å². The van der Waals surface area contributed by atoms with Crippen LogP contribution in [0.1, 0.15) is 22.9 Å². The number of hydrogen-bond donors (Lipinski definition) is 2. The Morgan fingerprint density at radius 3 is 3.12 bits per heavy atom. The lowest BCUT2D eigenvalue weighted by Crippen LogP contribution is -2.29. The van der Waals surface area contributed by atoms with Crippen LogP contribution in [0, 0.1) is 6.92 Å². The number of aryl methyl sites for hydroxylation is 1. The monoisotopic (exact) mass is 240 g/mol. The van der Waals surface area contributed by atoms with E-state index in [0.717, 1.165) is 0 Å². The van der Waals surface area contributed by atoms with Crippen molar-refractivity contribution in [1.82, 2.24) is 10.2 Å². The molecule has 0 spiro atoms. The standard InChI is InChI=1S/C11H16N2O2S/c1-8-3-6-16-10(8)9-7-13(4-2-5-14)11(15)12-9/h3,6,9,14H,2,4-5,7H2,1H3,(H,12,15). The number of amides is 2. The number of hydrogen-bond acceptors (Lipinski definition) is 3. The van der Waals surface area contributed by atoms with Gasteiger partial charge < -0.3 is 15.3 Å². The van der Waals surface area contributed by atoms with Gasteiger partial charge in [0.2, 0.25) is 0 Å². The quantitative estimate of drug-likeness (QED) is 0.838. The second-order valence-corrected chi connectivity index (χ2v) is 4.94. The van der Waals surface area contributed by atoms with Crippen molar-refractivity contribution in [2.24, 2.45) is 0 Å². The molecule has 1 aliphatic heterocycles. The highest BCUT2D eigenvalue weighted by atomic mass is 32.1. The predicted octanol–water partition coefficient (Wildman–Crippen LogP) is 1.51. The normalized spacial score (nSPS) is 20.2. The van der Waals surface area contributed by atoms with Gasteiger partial charge in [-0.15, -0.1) is 11.3 Å². The summed E-state index contributed by atoms with van der Waals surface area (Å²) >= 11 is 1.68. The lowest BCUT2D eigenvalue weighted by Gasteiger charge is -2.13. The van der Waals surface area contributed by atoms with Crippen molar-refractivity contribution in [3.05, 3.63) is 21.9 Å². The van der Waals surface area contributed by atoms with Crippen LogP contribution in [0.15, 0.2) is 11.4 Å². The SMILES string of the molecule is Cc1ccsc1C1CN(CCCO)C(=O)N1. The number of carbonyl (C=O) groups is 1. The van der Waals surface area contributed by atoms with Gasteiger partial charge in [-0.3, -0.25) is 0 Å². The van der Waals surface area contributed by atoms with Gasteiger partial charge >= 0.3 is 6.03 Å². The first kappa shape index (κ1) is 11.4. The summed E-state index contributed by atoms with van der Waals surface area (Å²) < 4.78 is 0. The highest BCUT2D eigenvalue weighted by Gasteiger charge is 2.30. The van der Waals surface area contributed by atoms with E-state index in [2.05, 4.69) is 18.3 Å². The number of carbonyl (C=O) groups excluding carboxylic acids is 1. The molecule has 88 valence electrons. The van der Waals surface area contributed by atoms with Gasteiger partial charge in [0, 0.05) is 24.6 Å². The van der Waals surface area contributed by atoms with E-state index in [1.807, 2.05) is 5.38 Å². The first-order chi connectivity index (χ1) is 7.72. The molecule has 0 aromatic carbocycles. The van der Waals surface area contributed by atoms with Crippen molar-refractivity contribution in [1.29, 1.82) is 0 Å². The fourth-order valence-corrected chi connectivity index (χ4v) is 2.90. The maximum absolute atomic E-state index is 11.6. The fourth-order valence-electron chi connectivity index (χ4n) is 1.93. The smallest absolute Gasteiger partial charge is 0.318 e. The summed E-state index contributed by atoms with van der Waals surface area (Å²) in [4.78, 5) is 14.6. The van der Waals surface area contributed by atoms with Gasteiger partial charge in [0.1, 0.15) is 0 Å². The summed E-state index contributed by atoms with van der Waals surface area (Å²) in [5.41, 5.74) is 1.24. The molecular weight excluding hydrogens is 224 g/mol. The predicted molar refractivity (Wildman–Crippen MR) is 63.6 cm³/mol. The molecule has 0 aliphatic carbocycles. The van der Waals surface area contributed by atoms with Crippen LogP contribution in [0.5, 0.6) is 0 Å². The largest absolute Gasteiger partial charge is 0.396 e. The Morgan fingerprint density at radius 2 is 2.50 bits per heavy atom. The summed E-state index contributed by atoms with van der Waals surface area (Å²) in [7, 11) is 0. The molecule has 1 unspecified atom stereocenters. The number of aliphatic hydroxyl groups is 1. The lowest BCUT2D eigenvalue weighted by atomic mass is 10.2. The Bertz CT molecular complexity index is 378. The average Bonchev–Trinajstić information content (AvgIpc) is 2.82. The van der Waals surface area contributed by atoms with E-state index in [-0.39, 0.29) is 18.7 Å². The van der Waals surface area contributed by atoms with Crippen LogP contribution in [0.4, 0.5) is 4.79 Å². The molecule has 0 saturated carbocycles. The molecule has 2 N–H and O–H groups in total. The Balaban J connectivity index is 2.01. The van der Waals surface area contributed by atoms with Crippen LogP contribution in [0.3, 0.4) is 0 Å². The minimum atomic E-state index is -0.0220. The van der Waals surface area contributed by atoms with E-state index in [4.69, 9.17) is 5.11 Å². The Labute approximate surface area is 98.9 Å². The zero-order valence-electron chi connectivity index (χ0n) is 9.27. The molecule has 16 heavy (non-hydrogen) atoms. The zero-order valence-corrected chi connectivity index (χ0v) is 10.1. The maximum Gasteiger partial charge on any atom is 0.318 e. The number of thiophene rings is 1. The molecule has 1 aliphatic rings. The lowest BCUT2D eigenvalue weighted by molar-refractivity contribution is 0.209. The average molecular weight is 240 g/mol. The van der Waals surface area contributed by atoms with E-state index in [0.29, 0.717) is 19.5 Å². The molecule has 2 heterocycles. The number of rotatable bonds is 4. The number of urea groups is 1. The van der Waals surface area contributed by atoms with Gasteiger partial charge in [-0.2, -0.15) is 0 Å². The molecule has 0 bridgehead atoms. The van der Waals surface area contributed by atoms with E-state index < -0.39 is 0 Å². The summed E-state index contributed by atoms with van der Waals surface area (Å²) in [6.45, 7) is 3.53. The van der Waals surface area contributed by atoms with Gasteiger partial charge in [0.25, 0.3) is 0 Å². The van der Waals surface area contributed by atoms with Crippen molar-refractivity contribution >= 4 is 17.4 Å². The molecule has 1 atom stereocenters. The van der Waals surface area contributed by atoms with E-state index in [1.54, 1.807) is 16.2 Å². The van der Waals surface area contributed by atoms with Gasteiger partial charge in [-0.05, 0) is 30.4 Å². The van der Waals surface area contributed by atoms with Crippen molar-refractivity contribution in [3.63, 3.8) is 0 Å². The first-order valence-corrected chi connectivity index (χ1v) is 6.30. The second-order valence-electron chi connectivity index (χ2n) is 3.99. The molecule has 2 amide bonds. The molecule has 2 rings (SSSR count). The van der Waals surface area contributed by atoms with Gasteiger partial charge in [0.05, 0.1) is 6.04 Å². The Kier molecular flexibility index (Phi) is 3.46. The second kappa shape index (κ2) is 4.84. The molecule has 5 heteroatoms. The minimum absolute atomic E-state index is 0.0220. The molecular formula is C11H16N2O2S. The third kappa shape index (κ3) is 2.20. The molecule has 1 aromatic rings. The Hall–Kier alpha value is -1.07. The van der Waals surface area contributed by atoms with Crippen LogP contribution in [-0.2, 0) is 0 Å². The Morgan fingerprint density at radius 1 is 1.69 bits per heavy atom. The summed E-state index contributed by atoms with van der Waals surface area (Å²) in [6, 6.07) is 2.17. The van der Waals surface area contributed by atoms with Crippen LogP contribution in [0.2, 0.25) is 0 Å². The number of aliphatic hydroxyl groups excluding tert-OH is 1. The highest BCUT2D eigenvalue weighted by Crippen LogP contribution is 2.27. The third-order valence-electron chi connectivity index (χ3n) is 2.79. The van der Waals surface area contributed by atoms with E-state index in [1.165, 1.54) is 10.4 Å². The summed E-state index contributed by atoms with van der Waals surface area (Å²) in [5, 5.41) is 13.8. The molecule has 1 fully saturated rings. The maximum atomic E-state index is 11.6. The summed E-state index contributed by atoms with van der Waals surface area (Å²) in [6.07, 6.45) is 0.642. The van der Waals surface area contributed by atoms with Crippen LogP contribution in [-0.4, -0.2) is 35.7 Å². The first-order valence-electron chi connectivity index (χ1n) is 5.42. The van der Waals surface area contributed by atoms with Gasteiger partial charge in [-0.25, -0.2) is 4.79 Å². The zero-order chi connectivity index (χ0) is 11.5.